The van der Waals surface area contributed by atoms with Crippen molar-refractivity contribution in [1.29, 1.82) is 0 Å². The highest BCUT2D eigenvalue weighted by atomic mass is 35.5. The van der Waals surface area contributed by atoms with Crippen LogP contribution in [0.15, 0.2) is 12.1 Å². The second-order valence-corrected chi connectivity index (χ2v) is 3.38. The number of halogens is 2. The van der Waals surface area contributed by atoms with E-state index in [9.17, 15) is 4.79 Å². The highest BCUT2D eigenvalue weighted by Crippen LogP contribution is 2.28. The summed E-state index contributed by atoms with van der Waals surface area (Å²) in [5.41, 5.74) is 0.969. The molecule has 0 fully saturated rings. The molecule has 5 heteroatoms. The minimum absolute atomic E-state index is 0.372. The van der Waals surface area contributed by atoms with Crippen LogP contribution in [0.2, 0.25) is 10.0 Å². The number of aromatic nitrogens is 2. The highest BCUT2D eigenvalue weighted by Gasteiger charge is 2.09. The normalized spacial score (nSPS) is 10.6. The van der Waals surface area contributed by atoms with Crippen molar-refractivity contribution >= 4 is 40.4 Å². The smallest absolute Gasteiger partial charge is 0.168 e. The Morgan fingerprint density at radius 3 is 2.85 bits per heavy atom. The van der Waals surface area contributed by atoms with E-state index in [1.54, 1.807) is 12.1 Å². The Kier molecular flexibility index (Phi) is 1.98. The predicted octanol–water partition coefficient (Wildman–Crippen LogP) is 2.68. The van der Waals surface area contributed by atoms with Gasteiger partial charge in [-0.1, -0.05) is 23.2 Å². The van der Waals surface area contributed by atoms with Crippen LogP contribution < -0.4 is 0 Å². The number of carbonyl (C=O) groups is 1. The monoisotopic (exact) mass is 214 g/mol. The van der Waals surface area contributed by atoms with E-state index in [1.807, 2.05) is 0 Å². The molecule has 2 rings (SSSR count). The zero-order valence-electron chi connectivity index (χ0n) is 6.34. The number of benzene rings is 1. The van der Waals surface area contributed by atoms with Crippen LogP contribution in [-0.4, -0.2) is 16.5 Å². The third-order valence-corrected chi connectivity index (χ3v) is 2.23. The summed E-state index contributed by atoms with van der Waals surface area (Å²) in [6, 6.07) is 3.22. The van der Waals surface area contributed by atoms with Gasteiger partial charge < -0.3 is 0 Å². The van der Waals surface area contributed by atoms with E-state index in [1.165, 1.54) is 0 Å². The van der Waals surface area contributed by atoms with E-state index in [2.05, 4.69) is 10.2 Å². The number of nitrogens with one attached hydrogen (secondary N) is 1. The third-order valence-electron chi connectivity index (χ3n) is 1.72. The Labute approximate surface area is 83.6 Å². The molecule has 1 heterocycles. The number of aldehydes is 1. The summed E-state index contributed by atoms with van der Waals surface area (Å²) in [6.45, 7) is 0. The standard InChI is InChI=1S/C8H4Cl2N2O/c9-4-1-5(10)8-6(2-4)11-12-7(8)3-13/h1-3H,(H,11,12). The number of hydrogen-bond acceptors (Lipinski definition) is 2. The van der Waals surface area contributed by atoms with E-state index in [4.69, 9.17) is 23.2 Å². The van der Waals surface area contributed by atoms with Crippen molar-refractivity contribution in [3.05, 3.63) is 27.9 Å². The fourth-order valence-electron chi connectivity index (χ4n) is 1.18. The summed E-state index contributed by atoms with van der Waals surface area (Å²) < 4.78 is 0. The average Bonchev–Trinajstić information content (AvgIpc) is 2.47. The summed E-state index contributed by atoms with van der Waals surface area (Å²) >= 11 is 11.6. The lowest BCUT2D eigenvalue weighted by Gasteiger charge is -1.94. The van der Waals surface area contributed by atoms with E-state index >= 15 is 0 Å². The topological polar surface area (TPSA) is 45.8 Å². The van der Waals surface area contributed by atoms with Gasteiger partial charge in [0.25, 0.3) is 0 Å². The Morgan fingerprint density at radius 2 is 2.15 bits per heavy atom. The lowest BCUT2D eigenvalue weighted by molar-refractivity contribution is 0.112. The van der Waals surface area contributed by atoms with Gasteiger partial charge in [-0.25, -0.2) is 0 Å². The number of fused-ring (bicyclic) bond motifs is 1. The molecule has 1 aromatic heterocycles. The molecule has 0 radical (unpaired) electrons. The fraction of sp³-hybridized carbons (Fsp3) is 0. The van der Waals surface area contributed by atoms with Gasteiger partial charge >= 0.3 is 0 Å². The van der Waals surface area contributed by atoms with E-state index in [-0.39, 0.29) is 0 Å². The van der Waals surface area contributed by atoms with Crippen LogP contribution in [0, 0.1) is 0 Å². The molecule has 0 aliphatic carbocycles. The molecule has 66 valence electrons. The number of carbonyl (C=O) groups excluding carboxylic acids is 1. The van der Waals surface area contributed by atoms with Gasteiger partial charge in [-0.15, -0.1) is 0 Å². The van der Waals surface area contributed by atoms with Crippen LogP contribution in [0.1, 0.15) is 10.5 Å². The number of H-pyrrole nitrogens is 1. The molecule has 0 bridgehead atoms. The van der Waals surface area contributed by atoms with Crippen LogP contribution in [0.25, 0.3) is 10.9 Å². The summed E-state index contributed by atoms with van der Waals surface area (Å²) in [6.07, 6.45) is 0.676. The van der Waals surface area contributed by atoms with Crippen molar-refractivity contribution in [3.8, 4) is 0 Å². The first-order valence-corrected chi connectivity index (χ1v) is 4.26. The maximum absolute atomic E-state index is 10.6. The van der Waals surface area contributed by atoms with E-state index in [0.29, 0.717) is 32.9 Å². The Bertz CT molecular complexity index is 478. The fourth-order valence-corrected chi connectivity index (χ4v) is 1.76. The third kappa shape index (κ3) is 1.30. The first kappa shape index (κ1) is 8.53. The molecule has 1 N–H and O–H groups in total. The summed E-state index contributed by atoms with van der Waals surface area (Å²) in [4.78, 5) is 10.6. The quantitative estimate of drug-likeness (QED) is 0.743. The Balaban J connectivity index is 2.89. The molecule has 0 atom stereocenters. The molecule has 0 amide bonds. The molecular weight excluding hydrogens is 211 g/mol. The van der Waals surface area contributed by atoms with Gasteiger partial charge in [0.05, 0.1) is 10.5 Å². The molecule has 0 aliphatic rings. The summed E-state index contributed by atoms with van der Waals surface area (Å²) in [5.74, 6) is 0. The predicted molar refractivity (Wildman–Crippen MR) is 51.5 cm³/mol. The molecule has 3 nitrogen and oxygen atoms in total. The van der Waals surface area contributed by atoms with Crippen molar-refractivity contribution in [2.24, 2.45) is 0 Å². The minimum atomic E-state index is 0.372. The Morgan fingerprint density at radius 1 is 1.38 bits per heavy atom. The number of rotatable bonds is 1. The first-order valence-electron chi connectivity index (χ1n) is 3.50. The summed E-state index contributed by atoms with van der Waals surface area (Å²) in [5, 5.41) is 8.00. The van der Waals surface area contributed by atoms with Gasteiger partial charge in [0.15, 0.2) is 6.29 Å². The lowest BCUT2D eigenvalue weighted by atomic mass is 10.2. The van der Waals surface area contributed by atoms with Crippen molar-refractivity contribution in [1.82, 2.24) is 10.2 Å². The van der Waals surface area contributed by atoms with Gasteiger partial charge in [0.2, 0.25) is 0 Å². The number of nitrogens with zero attached hydrogens (tertiary/aromatic N) is 1. The molecule has 1 aromatic carbocycles. The molecule has 2 aromatic rings. The zero-order valence-corrected chi connectivity index (χ0v) is 7.86. The maximum Gasteiger partial charge on any atom is 0.168 e. The van der Waals surface area contributed by atoms with E-state index in [0.717, 1.165) is 0 Å². The molecule has 0 unspecified atom stereocenters. The second kappa shape index (κ2) is 3.01. The van der Waals surface area contributed by atoms with Crippen LogP contribution in [0.4, 0.5) is 0 Å². The molecule has 0 saturated heterocycles. The lowest BCUT2D eigenvalue weighted by Crippen LogP contribution is -1.79. The van der Waals surface area contributed by atoms with Crippen molar-refractivity contribution in [2.75, 3.05) is 0 Å². The summed E-state index contributed by atoms with van der Waals surface area (Å²) in [7, 11) is 0. The number of hydrogen-bond donors (Lipinski definition) is 1. The van der Waals surface area contributed by atoms with Crippen LogP contribution in [-0.2, 0) is 0 Å². The van der Waals surface area contributed by atoms with Gasteiger partial charge in [0, 0.05) is 10.4 Å². The second-order valence-electron chi connectivity index (χ2n) is 2.54. The van der Waals surface area contributed by atoms with Crippen molar-refractivity contribution in [3.63, 3.8) is 0 Å². The maximum atomic E-state index is 10.6. The average molecular weight is 215 g/mol. The van der Waals surface area contributed by atoms with Crippen LogP contribution in [0.5, 0.6) is 0 Å². The number of aromatic amines is 1. The van der Waals surface area contributed by atoms with Gasteiger partial charge in [-0.3, -0.25) is 9.89 Å². The molecule has 0 saturated carbocycles. The van der Waals surface area contributed by atoms with Gasteiger partial charge in [0.1, 0.15) is 5.69 Å². The first-order chi connectivity index (χ1) is 6.22. The van der Waals surface area contributed by atoms with Crippen LogP contribution in [0.3, 0.4) is 0 Å². The SMILES string of the molecule is O=Cc1[nH]nc2cc(Cl)cc(Cl)c12. The molecule has 0 spiro atoms. The highest BCUT2D eigenvalue weighted by molar-refractivity contribution is 6.39. The van der Waals surface area contributed by atoms with Gasteiger partial charge in [-0.2, -0.15) is 5.10 Å². The van der Waals surface area contributed by atoms with E-state index < -0.39 is 0 Å². The minimum Gasteiger partial charge on any atom is -0.296 e. The largest absolute Gasteiger partial charge is 0.296 e. The zero-order chi connectivity index (χ0) is 9.42. The van der Waals surface area contributed by atoms with Crippen molar-refractivity contribution in [2.45, 2.75) is 0 Å². The molecule has 0 aliphatic heterocycles. The molecular formula is C8H4Cl2N2O. The molecule has 13 heavy (non-hydrogen) atoms. The van der Waals surface area contributed by atoms with Crippen molar-refractivity contribution < 1.29 is 4.79 Å². The van der Waals surface area contributed by atoms with Crippen LogP contribution >= 0.6 is 23.2 Å². The van der Waals surface area contributed by atoms with Gasteiger partial charge in [-0.05, 0) is 12.1 Å². The Hall–Kier alpha value is -1.06.